The molecule has 1 aromatic carbocycles. The molecule has 126 valence electrons. The molecule has 2 aliphatic rings. The van der Waals surface area contributed by atoms with Crippen molar-refractivity contribution in [2.75, 3.05) is 17.6 Å². The summed E-state index contributed by atoms with van der Waals surface area (Å²) in [7, 11) is 0. The molecule has 4 rings (SSSR count). The number of anilines is 2. The number of carbonyl (C=O) groups excluding carboxylic acids is 1. The van der Waals surface area contributed by atoms with Crippen LogP contribution < -0.4 is 11.1 Å². The van der Waals surface area contributed by atoms with Crippen LogP contribution in [0.15, 0.2) is 18.2 Å². The third kappa shape index (κ3) is 2.27. The van der Waals surface area contributed by atoms with E-state index in [9.17, 15) is 14.3 Å². The summed E-state index contributed by atoms with van der Waals surface area (Å²) in [6.07, 6.45) is 1.77. The minimum Gasteiger partial charge on any atom is -0.393 e. The Morgan fingerprint density at radius 1 is 1.42 bits per heavy atom. The van der Waals surface area contributed by atoms with Crippen LogP contribution in [-0.2, 0) is 12.8 Å². The summed E-state index contributed by atoms with van der Waals surface area (Å²) in [5.41, 5.74) is 8.68. The summed E-state index contributed by atoms with van der Waals surface area (Å²) in [6.45, 7) is 0.518. The minimum atomic E-state index is -0.481. The molecule has 24 heavy (non-hydrogen) atoms. The van der Waals surface area contributed by atoms with Gasteiger partial charge in [0.05, 0.1) is 23.4 Å². The quantitative estimate of drug-likeness (QED) is 0.740. The Morgan fingerprint density at radius 3 is 3.08 bits per heavy atom. The maximum atomic E-state index is 14.0. The van der Waals surface area contributed by atoms with Crippen LogP contribution in [0.3, 0.4) is 0 Å². The minimum absolute atomic E-state index is 0.246. The van der Waals surface area contributed by atoms with E-state index in [4.69, 9.17) is 5.73 Å². The van der Waals surface area contributed by atoms with E-state index in [0.717, 1.165) is 11.3 Å². The number of aryl methyl sites for hydroxylation is 1. The van der Waals surface area contributed by atoms with Crippen molar-refractivity contribution < 1.29 is 14.3 Å². The summed E-state index contributed by atoms with van der Waals surface area (Å²) < 4.78 is 15.2. The van der Waals surface area contributed by atoms with Gasteiger partial charge in [-0.15, -0.1) is 0 Å². The maximum Gasteiger partial charge on any atom is 0.256 e. The van der Waals surface area contributed by atoms with E-state index < -0.39 is 12.0 Å². The molecule has 1 aliphatic heterocycles. The first kappa shape index (κ1) is 15.1. The van der Waals surface area contributed by atoms with Crippen LogP contribution in [0, 0.1) is 5.82 Å². The Hall–Kier alpha value is -2.41. The lowest BCUT2D eigenvalue weighted by Crippen LogP contribution is -2.29. The van der Waals surface area contributed by atoms with E-state index in [2.05, 4.69) is 10.4 Å². The second kappa shape index (κ2) is 5.59. The lowest BCUT2D eigenvalue weighted by Gasteiger charge is -2.26. The number of rotatable bonds is 1. The molecule has 2 heterocycles. The van der Waals surface area contributed by atoms with E-state index >= 15 is 0 Å². The lowest BCUT2D eigenvalue weighted by molar-refractivity contribution is 0.0859. The fourth-order valence-corrected chi connectivity index (χ4v) is 3.66. The predicted octanol–water partition coefficient (Wildman–Crippen LogP) is 1.69. The zero-order valence-electron chi connectivity index (χ0n) is 13.1. The second-order valence-electron chi connectivity index (χ2n) is 6.43. The van der Waals surface area contributed by atoms with Gasteiger partial charge in [0.1, 0.15) is 11.6 Å². The van der Waals surface area contributed by atoms with E-state index in [1.165, 1.54) is 10.7 Å². The first-order valence-corrected chi connectivity index (χ1v) is 8.17. The average molecular weight is 330 g/mol. The van der Waals surface area contributed by atoms with Gasteiger partial charge in [-0.05, 0) is 30.9 Å². The highest BCUT2D eigenvalue weighted by molar-refractivity contribution is 5.90. The molecular weight excluding hydrogens is 311 g/mol. The number of para-hydroxylation sites is 1. The molecule has 0 saturated heterocycles. The van der Waals surface area contributed by atoms with Gasteiger partial charge in [-0.3, -0.25) is 4.79 Å². The zero-order chi connectivity index (χ0) is 16.8. The van der Waals surface area contributed by atoms with Crippen molar-refractivity contribution in [2.24, 2.45) is 0 Å². The van der Waals surface area contributed by atoms with E-state index in [1.54, 1.807) is 12.1 Å². The van der Waals surface area contributed by atoms with Gasteiger partial charge in [0, 0.05) is 18.5 Å². The van der Waals surface area contributed by atoms with Crippen molar-refractivity contribution in [3.63, 3.8) is 0 Å². The number of nitrogens with two attached hydrogens (primary N) is 1. The molecule has 1 aliphatic carbocycles. The molecule has 7 heteroatoms. The molecule has 2 atom stereocenters. The zero-order valence-corrected chi connectivity index (χ0v) is 13.1. The number of nitrogen functional groups attached to an aromatic ring is 1. The third-order valence-corrected chi connectivity index (χ3v) is 4.92. The van der Waals surface area contributed by atoms with E-state index in [0.29, 0.717) is 49.3 Å². The van der Waals surface area contributed by atoms with Gasteiger partial charge in [0.25, 0.3) is 5.91 Å². The fraction of sp³-hybridized carbons (Fsp3) is 0.412. The Morgan fingerprint density at radius 2 is 2.25 bits per heavy atom. The molecule has 0 saturated carbocycles. The van der Waals surface area contributed by atoms with Gasteiger partial charge >= 0.3 is 0 Å². The van der Waals surface area contributed by atoms with Gasteiger partial charge in [-0.2, -0.15) is 9.78 Å². The fourth-order valence-electron chi connectivity index (χ4n) is 3.66. The Labute approximate surface area is 138 Å². The molecular formula is C17H19FN4O2. The van der Waals surface area contributed by atoms with Crippen LogP contribution in [0.1, 0.15) is 40.4 Å². The molecule has 0 bridgehead atoms. The summed E-state index contributed by atoms with van der Waals surface area (Å²) in [5.74, 6) is -0.790. The topological polar surface area (TPSA) is 93.2 Å². The molecule has 6 nitrogen and oxygen atoms in total. The first-order valence-electron chi connectivity index (χ1n) is 8.17. The monoisotopic (exact) mass is 330 g/mol. The number of aromatic nitrogens is 2. The number of aliphatic hydroxyl groups is 1. The lowest BCUT2D eigenvalue weighted by atomic mass is 9.90. The SMILES string of the molecule is Nc1c2c(nn1C(=O)[C@H]1CCNc3c(F)cccc31)CCC(O)C2. The Balaban J connectivity index is 1.73. The number of hydrogen-bond acceptors (Lipinski definition) is 5. The highest BCUT2D eigenvalue weighted by Crippen LogP contribution is 2.35. The molecule has 4 N–H and O–H groups in total. The summed E-state index contributed by atoms with van der Waals surface area (Å²) >= 11 is 0. The van der Waals surface area contributed by atoms with Gasteiger partial charge in [0.15, 0.2) is 0 Å². The number of halogens is 1. The second-order valence-corrected chi connectivity index (χ2v) is 6.43. The summed E-state index contributed by atoms with van der Waals surface area (Å²) in [5, 5.41) is 17.2. The van der Waals surface area contributed by atoms with Crippen molar-refractivity contribution in [3.05, 3.63) is 40.8 Å². The largest absolute Gasteiger partial charge is 0.393 e. The van der Waals surface area contributed by atoms with Crippen LogP contribution >= 0.6 is 0 Å². The van der Waals surface area contributed by atoms with Gasteiger partial charge in [0.2, 0.25) is 0 Å². The van der Waals surface area contributed by atoms with Crippen LogP contribution in [0.25, 0.3) is 0 Å². The predicted molar refractivity (Wildman–Crippen MR) is 87.5 cm³/mol. The van der Waals surface area contributed by atoms with Crippen LogP contribution in [0.5, 0.6) is 0 Å². The molecule has 1 aromatic heterocycles. The smallest absolute Gasteiger partial charge is 0.256 e. The number of nitrogens with zero attached hydrogens (tertiary/aromatic N) is 2. The van der Waals surface area contributed by atoms with Crippen molar-refractivity contribution in [2.45, 2.75) is 37.7 Å². The van der Waals surface area contributed by atoms with Crippen molar-refractivity contribution in [1.82, 2.24) is 9.78 Å². The van der Waals surface area contributed by atoms with Gasteiger partial charge in [-0.1, -0.05) is 12.1 Å². The average Bonchev–Trinajstić information content (AvgIpc) is 2.91. The molecule has 0 spiro atoms. The Kier molecular flexibility index (Phi) is 3.53. The number of carbonyl (C=O) groups is 1. The number of benzene rings is 1. The van der Waals surface area contributed by atoms with Crippen molar-refractivity contribution in [3.8, 4) is 0 Å². The highest BCUT2D eigenvalue weighted by atomic mass is 19.1. The van der Waals surface area contributed by atoms with Crippen molar-refractivity contribution >= 4 is 17.4 Å². The summed E-state index contributed by atoms with van der Waals surface area (Å²) in [4.78, 5) is 13.0. The standard InChI is InChI=1S/C17H19FN4O2/c18-13-3-1-2-10-11(6-7-20-15(10)13)17(24)22-16(19)12-8-9(23)4-5-14(12)21-22/h1-3,9,11,20,23H,4-8,19H2/t9?,11-/m0/s1. The normalized spacial score (nSPS) is 22.4. The van der Waals surface area contributed by atoms with Crippen LogP contribution in [-0.4, -0.2) is 33.4 Å². The van der Waals surface area contributed by atoms with Crippen LogP contribution in [0.4, 0.5) is 15.9 Å². The molecule has 0 fully saturated rings. The van der Waals surface area contributed by atoms with E-state index in [1.807, 2.05) is 0 Å². The molecule has 1 unspecified atom stereocenters. The Bertz CT molecular complexity index is 817. The van der Waals surface area contributed by atoms with E-state index in [-0.39, 0.29) is 11.7 Å². The molecule has 0 amide bonds. The van der Waals surface area contributed by atoms with Gasteiger partial charge < -0.3 is 16.2 Å². The summed E-state index contributed by atoms with van der Waals surface area (Å²) in [6, 6.07) is 4.74. The third-order valence-electron chi connectivity index (χ3n) is 4.92. The number of nitrogens with one attached hydrogen (secondary N) is 1. The van der Waals surface area contributed by atoms with Crippen molar-refractivity contribution in [1.29, 1.82) is 0 Å². The first-order chi connectivity index (χ1) is 11.6. The van der Waals surface area contributed by atoms with Crippen LogP contribution in [0.2, 0.25) is 0 Å². The molecule has 2 aromatic rings. The number of aliphatic hydroxyl groups excluding tert-OH is 1. The number of hydrogen-bond donors (Lipinski definition) is 3. The maximum absolute atomic E-state index is 14.0. The highest BCUT2D eigenvalue weighted by Gasteiger charge is 2.33. The number of fused-ring (bicyclic) bond motifs is 2. The molecule has 0 radical (unpaired) electrons. The van der Waals surface area contributed by atoms with Gasteiger partial charge in [-0.25, -0.2) is 4.39 Å².